The largest absolute Gasteiger partial charge is 0.290 e. The number of ketones is 1. The van der Waals surface area contributed by atoms with Crippen molar-refractivity contribution < 1.29 is 4.79 Å². The van der Waals surface area contributed by atoms with Crippen LogP contribution in [0.1, 0.15) is 79.1 Å². The highest BCUT2D eigenvalue weighted by atomic mass is 32.3. The molecule has 5 heterocycles. The number of carbonyl (C=O) groups is 1. The van der Waals surface area contributed by atoms with Gasteiger partial charge in [0.05, 0.1) is 46.6 Å². The van der Waals surface area contributed by atoms with E-state index in [1.165, 1.54) is 101 Å². The molecule has 0 bridgehead atoms. The number of unbranched alkanes of at least 4 members (excludes halogenated alkanes) is 2. The molecule has 6 rings (SSSR count). The monoisotopic (exact) mass is 834 g/mol. The quantitative estimate of drug-likeness (QED) is 0.166. The first-order chi connectivity index (χ1) is 22.5. The molecule has 0 N–H and O–H groups in total. The van der Waals surface area contributed by atoms with Crippen LogP contribution < -0.4 is 0 Å². The summed E-state index contributed by atoms with van der Waals surface area (Å²) in [5.41, 5.74) is 1.15. The third-order valence-electron chi connectivity index (χ3n) is 7.76. The minimum atomic E-state index is 0.0740. The van der Waals surface area contributed by atoms with Crippen LogP contribution in [0, 0.1) is 11.8 Å². The van der Waals surface area contributed by atoms with Crippen molar-refractivity contribution in [2.45, 2.75) is 79.1 Å². The molecule has 0 aromatic heterocycles. The molecule has 0 saturated carbocycles. The first-order valence-corrected chi connectivity index (χ1v) is 26.0. The molecule has 248 valence electrons. The summed E-state index contributed by atoms with van der Waals surface area (Å²) in [6, 6.07) is 0. The zero-order valence-electron chi connectivity index (χ0n) is 26.3. The van der Waals surface area contributed by atoms with Gasteiger partial charge in [0.2, 0.25) is 0 Å². The molecular formula is C33H38OS12. The van der Waals surface area contributed by atoms with E-state index in [4.69, 9.17) is 0 Å². The zero-order chi connectivity index (χ0) is 32.0. The minimum Gasteiger partial charge on any atom is -0.290 e. The second-order valence-corrected chi connectivity index (χ2v) is 26.3. The third kappa shape index (κ3) is 9.61. The van der Waals surface area contributed by atoms with E-state index in [9.17, 15) is 4.79 Å². The lowest BCUT2D eigenvalue weighted by atomic mass is 10.0. The lowest BCUT2D eigenvalue weighted by Crippen LogP contribution is -2.03. The molecule has 0 spiro atoms. The SMILES string of the molecule is CCCCC(CC)CSC1=C(SCC(CC)CCCC)SC(=C2SC3=C(S2)SC(=C2SC4=C(SC(=C5C=CC(=O)C=C5)S4)S2)S3)S1. The molecule has 2 unspecified atom stereocenters. The predicted octanol–water partition coefficient (Wildman–Crippen LogP) is 15.8. The second-order valence-electron chi connectivity index (χ2n) is 11.2. The molecule has 2 atom stereocenters. The normalized spacial score (nSPS) is 22.6. The first-order valence-electron chi connectivity index (χ1n) is 15.9. The van der Waals surface area contributed by atoms with Gasteiger partial charge in [-0.05, 0) is 54.6 Å². The Labute approximate surface area is 327 Å². The van der Waals surface area contributed by atoms with Crippen molar-refractivity contribution in [2.24, 2.45) is 11.8 Å². The van der Waals surface area contributed by atoms with Crippen molar-refractivity contribution in [2.75, 3.05) is 11.5 Å². The van der Waals surface area contributed by atoms with Crippen LogP contribution >= 0.6 is 141 Å². The van der Waals surface area contributed by atoms with Gasteiger partial charge in [-0.15, -0.1) is 23.5 Å². The standard InChI is InChI=1S/C33H38OS12/c1-5-9-11-19(7-3)17-35-24-25(36-18-20(8-4)12-10-6-2)40-28(39-24)29-43-32-33(44-29)46-31(45-32)30-41-26-27(42-30)38-23(37-26)21-13-15-22(34)16-14-21/h13-16,19-20H,5-12,17-18H2,1-4H3. The maximum atomic E-state index is 11.5. The molecule has 46 heavy (non-hydrogen) atoms. The zero-order valence-corrected chi connectivity index (χ0v) is 36.1. The molecule has 5 aliphatic heterocycles. The molecule has 0 amide bonds. The van der Waals surface area contributed by atoms with Gasteiger partial charge in [-0.25, -0.2) is 0 Å². The average Bonchev–Trinajstić information content (AvgIpc) is 3.87. The van der Waals surface area contributed by atoms with Crippen molar-refractivity contribution in [3.05, 3.63) is 76.5 Å². The van der Waals surface area contributed by atoms with Gasteiger partial charge in [0.15, 0.2) is 5.78 Å². The van der Waals surface area contributed by atoms with Crippen LogP contribution in [-0.4, -0.2) is 17.3 Å². The van der Waals surface area contributed by atoms with E-state index in [2.05, 4.69) is 74.7 Å². The Morgan fingerprint density at radius 1 is 0.500 bits per heavy atom. The van der Waals surface area contributed by atoms with Crippen molar-refractivity contribution in [1.82, 2.24) is 0 Å². The Kier molecular flexibility index (Phi) is 15.1. The highest BCUT2D eigenvalue weighted by Crippen LogP contribution is 2.75. The van der Waals surface area contributed by atoms with Crippen LogP contribution in [0.2, 0.25) is 0 Å². The number of rotatable bonds is 14. The molecule has 1 nitrogen and oxygen atoms in total. The summed E-state index contributed by atoms with van der Waals surface area (Å²) < 4.78 is 16.1. The van der Waals surface area contributed by atoms with E-state index in [1.54, 1.807) is 20.6 Å². The van der Waals surface area contributed by atoms with Crippen molar-refractivity contribution in [1.29, 1.82) is 0 Å². The maximum absolute atomic E-state index is 11.5. The van der Waals surface area contributed by atoms with E-state index in [0.29, 0.717) is 0 Å². The van der Waals surface area contributed by atoms with E-state index in [1.807, 2.05) is 106 Å². The highest BCUT2D eigenvalue weighted by molar-refractivity contribution is 8.52. The highest BCUT2D eigenvalue weighted by Gasteiger charge is 2.39. The van der Waals surface area contributed by atoms with Crippen LogP contribution in [-0.2, 0) is 4.79 Å². The smallest absolute Gasteiger partial charge is 0.178 e. The Hall–Kier alpha value is 1.79. The summed E-state index contributed by atoms with van der Waals surface area (Å²) in [4.78, 5) is 11.5. The summed E-state index contributed by atoms with van der Waals surface area (Å²) in [5, 5.41) is 0. The Morgan fingerprint density at radius 3 is 1.20 bits per heavy atom. The molecule has 1 aliphatic carbocycles. The summed E-state index contributed by atoms with van der Waals surface area (Å²) in [7, 11) is 0. The lowest BCUT2D eigenvalue weighted by molar-refractivity contribution is -0.110. The molecular weight excluding hydrogens is 797 g/mol. The van der Waals surface area contributed by atoms with Gasteiger partial charge in [-0.1, -0.05) is 184 Å². The fourth-order valence-electron chi connectivity index (χ4n) is 4.85. The van der Waals surface area contributed by atoms with Gasteiger partial charge in [-0.3, -0.25) is 4.79 Å². The van der Waals surface area contributed by atoms with Gasteiger partial charge < -0.3 is 0 Å². The van der Waals surface area contributed by atoms with Gasteiger partial charge in [0.1, 0.15) is 0 Å². The molecule has 0 aromatic carbocycles. The second kappa shape index (κ2) is 18.5. The number of allylic oxidation sites excluding steroid dienone is 5. The Morgan fingerprint density at radius 2 is 0.848 bits per heavy atom. The van der Waals surface area contributed by atoms with Crippen LogP contribution in [0.15, 0.2) is 76.5 Å². The van der Waals surface area contributed by atoms with Gasteiger partial charge in [0, 0.05) is 11.5 Å². The Bertz CT molecular complexity index is 1380. The molecule has 0 fully saturated rings. The lowest BCUT2D eigenvalue weighted by Gasteiger charge is -2.16. The van der Waals surface area contributed by atoms with E-state index >= 15 is 0 Å². The summed E-state index contributed by atoms with van der Waals surface area (Å²) in [6.45, 7) is 9.39. The van der Waals surface area contributed by atoms with Crippen LogP contribution in [0.5, 0.6) is 0 Å². The topological polar surface area (TPSA) is 17.1 Å². The van der Waals surface area contributed by atoms with Crippen molar-refractivity contribution >= 4 is 147 Å². The fraction of sp³-hybridized carbons (Fsp3) is 0.485. The summed E-state index contributed by atoms with van der Waals surface area (Å²) >= 11 is 24.0. The predicted molar refractivity (Wildman–Crippen MR) is 233 cm³/mol. The van der Waals surface area contributed by atoms with Crippen molar-refractivity contribution in [3.8, 4) is 0 Å². The molecule has 0 saturated heterocycles. The van der Waals surface area contributed by atoms with Crippen LogP contribution in [0.25, 0.3) is 0 Å². The number of carbonyl (C=O) groups excluding carboxylic acids is 1. The van der Waals surface area contributed by atoms with E-state index in [0.717, 1.165) is 17.4 Å². The van der Waals surface area contributed by atoms with Crippen LogP contribution in [0.3, 0.4) is 0 Å². The number of thioether (sulfide) groups is 12. The first kappa shape index (κ1) is 37.5. The van der Waals surface area contributed by atoms with E-state index in [-0.39, 0.29) is 5.78 Å². The van der Waals surface area contributed by atoms with Crippen molar-refractivity contribution in [3.63, 3.8) is 0 Å². The van der Waals surface area contributed by atoms with Gasteiger partial charge in [-0.2, -0.15) is 0 Å². The minimum absolute atomic E-state index is 0.0740. The molecule has 6 aliphatic rings. The summed E-state index contributed by atoms with van der Waals surface area (Å²) in [5.74, 6) is 4.24. The summed E-state index contributed by atoms with van der Waals surface area (Å²) in [6.07, 6.45) is 17.9. The van der Waals surface area contributed by atoms with Gasteiger partial charge >= 0.3 is 0 Å². The third-order valence-corrected chi connectivity index (χ3v) is 26.1. The fourth-order valence-corrected chi connectivity index (χ4v) is 24.5. The molecule has 0 radical (unpaired) electrons. The average molecular weight is 835 g/mol. The van der Waals surface area contributed by atoms with Gasteiger partial charge in [0.25, 0.3) is 0 Å². The van der Waals surface area contributed by atoms with Crippen LogP contribution in [0.4, 0.5) is 0 Å². The molecule has 13 heteroatoms. The number of hydrogen-bond acceptors (Lipinski definition) is 13. The Balaban J connectivity index is 1.06. The molecule has 0 aromatic rings. The number of hydrogen-bond donors (Lipinski definition) is 0. The van der Waals surface area contributed by atoms with E-state index < -0.39 is 0 Å². The maximum Gasteiger partial charge on any atom is 0.178 e.